The third-order valence-electron chi connectivity index (χ3n) is 6.30. The van der Waals surface area contributed by atoms with Crippen LogP contribution in [0.15, 0.2) is 0 Å². The van der Waals surface area contributed by atoms with Crippen LogP contribution in [0.2, 0.25) is 0 Å². The lowest BCUT2D eigenvalue weighted by atomic mass is 9.74. The Morgan fingerprint density at radius 3 is 2.53 bits per heavy atom. The van der Waals surface area contributed by atoms with E-state index in [4.69, 9.17) is 5.73 Å². The Bertz CT molecular complexity index is 298. The summed E-state index contributed by atoms with van der Waals surface area (Å²) in [5.74, 6) is 1.87. The van der Waals surface area contributed by atoms with Crippen molar-refractivity contribution in [2.75, 3.05) is 13.1 Å². The average molecular weight is 264 g/mol. The molecule has 3 atom stereocenters. The van der Waals surface area contributed by atoms with E-state index < -0.39 is 0 Å². The molecule has 19 heavy (non-hydrogen) atoms. The minimum Gasteiger partial charge on any atom is -0.329 e. The van der Waals surface area contributed by atoms with Crippen molar-refractivity contribution < 1.29 is 0 Å². The van der Waals surface area contributed by atoms with Gasteiger partial charge in [-0.25, -0.2) is 0 Å². The number of nitrogens with zero attached hydrogens (tertiary/aromatic N) is 1. The van der Waals surface area contributed by atoms with Gasteiger partial charge in [0.05, 0.1) is 0 Å². The van der Waals surface area contributed by atoms with E-state index in [0.717, 1.165) is 24.4 Å². The van der Waals surface area contributed by atoms with E-state index in [1.54, 1.807) is 0 Å². The summed E-state index contributed by atoms with van der Waals surface area (Å²) < 4.78 is 0. The zero-order valence-electron chi connectivity index (χ0n) is 12.7. The number of hydrogen-bond donors (Lipinski definition) is 1. The second-order valence-electron chi connectivity index (χ2n) is 7.58. The molecule has 0 aromatic carbocycles. The van der Waals surface area contributed by atoms with Crippen LogP contribution >= 0.6 is 0 Å². The molecule has 2 N–H and O–H groups in total. The second kappa shape index (κ2) is 5.73. The fourth-order valence-corrected chi connectivity index (χ4v) is 5.41. The van der Waals surface area contributed by atoms with Crippen LogP contribution in [0.4, 0.5) is 0 Å². The van der Waals surface area contributed by atoms with Crippen LogP contribution in [0.5, 0.6) is 0 Å². The molecule has 2 heteroatoms. The summed E-state index contributed by atoms with van der Waals surface area (Å²) in [4.78, 5) is 2.90. The lowest BCUT2D eigenvalue weighted by Gasteiger charge is -2.50. The summed E-state index contributed by atoms with van der Waals surface area (Å²) in [5, 5.41) is 0. The Labute approximate surface area is 119 Å². The summed E-state index contributed by atoms with van der Waals surface area (Å²) >= 11 is 0. The van der Waals surface area contributed by atoms with Gasteiger partial charge in [0.15, 0.2) is 0 Å². The predicted molar refractivity (Wildman–Crippen MR) is 81.1 cm³/mol. The number of likely N-dealkylation sites (tertiary alicyclic amines) is 1. The van der Waals surface area contributed by atoms with Gasteiger partial charge < -0.3 is 5.73 Å². The first-order chi connectivity index (χ1) is 9.25. The molecular formula is C17H32N2. The van der Waals surface area contributed by atoms with Crippen molar-refractivity contribution in [1.82, 2.24) is 4.90 Å². The van der Waals surface area contributed by atoms with Crippen molar-refractivity contribution in [3.05, 3.63) is 0 Å². The van der Waals surface area contributed by atoms with Crippen molar-refractivity contribution in [2.45, 2.75) is 82.7 Å². The monoisotopic (exact) mass is 264 g/mol. The van der Waals surface area contributed by atoms with Crippen LogP contribution in [0.1, 0.15) is 71.1 Å². The van der Waals surface area contributed by atoms with E-state index in [-0.39, 0.29) is 0 Å². The van der Waals surface area contributed by atoms with Gasteiger partial charge in [-0.05, 0) is 56.9 Å². The van der Waals surface area contributed by atoms with Crippen LogP contribution < -0.4 is 5.73 Å². The highest BCUT2D eigenvalue weighted by atomic mass is 15.3. The van der Waals surface area contributed by atoms with Gasteiger partial charge in [-0.3, -0.25) is 4.90 Å². The molecule has 0 aromatic heterocycles. The maximum absolute atomic E-state index is 6.30. The van der Waals surface area contributed by atoms with Gasteiger partial charge in [0, 0.05) is 18.1 Å². The number of nitrogens with two attached hydrogens (primary N) is 1. The highest BCUT2D eigenvalue weighted by Gasteiger charge is 2.46. The average Bonchev–Trinajstić information content (AvgIpc) is 3.09. The summed E-state index contributed by atoms with van der Waals surface area (Å²) in [6, 6.07) is 0.872. The van der Waals surface area contributed by atoms with E-state index in [1.807, 2.05) is 0 Å². The van der Waals surface area contributed by atoms with Gasteiger partial charge in [0.2, 0.25) is 0 Å². The lowest BCUT2D eigenvalue weighted by Crippen LogP contribution is -2.58. The van der Waals surface area contributed by atoms with Crippen LogP contribution in [0.3, 0.4) is 0 Å². The van der Waals surface area contributed by atoms with E-state index in [1.165, 1.54) is 70.8 Å². The van der Waals surface area contributed by atoms with Crippen molar-refractivity contribution >= 4 is 0 Å². The Morgan fingerprint density at radius 1 is 1.05 bits per heavy atom. The first-order valence-electron chi connectivity index (χ1n) is 8.72. The first kappa shape index (κ1) is 13.9. The quantitative estimate of drug-likeness (QED) is 0.844. The van der Waals surface area contributed by atoms with Gasteiger partial charge in [0.25, 0.3) is 0 Å². The SMILES string of the molecule is CC1CCCC(CN)(N2CCCC2C2CCCC2)C1. The third kappa shape index (κ3) is 2.58. The predicted octanol–water partition coefficient (Wildman–Crippen LogP) is 3.55. The van der Waals surface area contributed by atoms with Crippen LogP contribution in [0.25, 0.3) is 0 Å². The van der Waals surface area contributed by atoms with E-state index >= 15 is 0 Å². The zero-order chi connectivity index (χ0) is 13.3. The molecule has 2 saturated carbocycles. The van der Waals surface area contributed by atoms with Gasteiger partial charge in [-0.2, -0.15) is 0 Å². The molecule has 3 fully saturated rings. The van der Waals surface area contributed by atoms with Gasteiger partial charge in [-0.15, -0.1) is 0 Å². The fraction of sp³-hybridized carbons (Fsp3) is 1.00. The maximum Gasteiger partial charge on any atom is 0.0337 e. The Balaban J connectivity index is 1.77. The molecule has 3 unspecified atom stereocenters. The maximum atomic E-state index is 6.30. The molecule has 1 heterocycles. The molecule has 3 aliphatic rings. The summed E-state index contributed by atoms with van der Waals surface area (Å²) in [5.41, 5.74) is 6.66. The molecule has 110 valence electrons. The third-order valence-corrected chi connectivity index (χ3v) is 6.30. The molecule has 3 rings (SSSR count). The Kier molecular flexibility index (Phi) is 4.19. The summed E-state index contributed by atoms with van der Waals surface area (Å²) in [6.45, 7) is 4.65. The normalized spacial score (nSPS) is 42.0. The van der Waals surface area contributed by atoms with Crippen molar-refractivity contribution in [1.29, 1.82) is 0 Å². The standard InChI is InChI=1S/C17H32N2/c1-14-6-4-10-17(12-14,13-18)19-11-5-9-16(19)15-7-2-3-8-15/h14-16H,2-13,18H2,1H3. The molecule has 2 aliphatic carbocycles. The summed E-state index contributed by atoms with van der Waals surface area (Å²) in [6.07, 6.45) is 14.3. The highest BCUT2D eigenvalue weighted by Crippen LogP contribution is 2.44. The molecular weight excluding hydrogens is 232 g/mol. The second-order valence-corrected chi connectivity index (χ2v) is 7.58. The molecule has 1 saturated heterocycles. The van der Waals surface area contributed by atoms with E-state index in [2.05, 4.69) is 11.8 Å². The first-order valence-corrected chi connectivity index (χ1v) is 8.72. The molecule has 0 radical (unpaired) electrons. The smallest absolute Gasteiger partial charge is 0.0337 e. The van der Waals surface area contributed by atoms with Crippen molar-refractivity contribution in [3.63, 3.8) is 0 Å². The Hall–Kier alpha value is -0.0800. The van der Waals surface area contributed by atoms with Crippen LogP contribution in [0, 0.1) is 11.8 Å². The minimum absolute atomic E-state index is 0.363. The molecule has 0 aromatic rings. The molecule has 2 nitrogen and oxygen atoms in total. The zero-order valence-corrected chi connectivity index (χ0v) is 12.7. The van der Waals surface area contributed by atoms with Gasteiger partial charge in [-0.1, -0.05) is 32.6 Å². The summed E-state index contributed by atoms with van der Waals surface area (Å²) in [7, 11) is 0. The van der Waals surface area contributed by atoms with E-state index in [9.17, 15) is 0 Å². The van der Waals surface area contributed by atoms with Crippen molar-refractivity contribution in [2.24, 2.45) is 17.6 Å². The highest BCUT2D eigenvalue weighted by molar-refractivity contribution is 5.02. The minimum atomic E-state index is 0.363. The fourth-order valence-electron chi connectivity index (χ4n) is 5.41. The molecule has 0 amide bonds. The van der Waals surface area contributed by atoms with Gasteiger partial charge in [0.1, 0.15) is 0 Å². The van der Waals surface area contributed by atoms with Crippen LogP contribution in [-0.2, 0) is 0 Å². The van der Waals surface area contributed by atoms with E-state index in [0.29, 0.717) is 5.54 Å². The lowest BCUT2D eigenvalue weighted by molar-refractivity contribution is 0.0109. The largest absolute Gasteiger partial charge is 0.329 e. The number of rotatable bonds is 3. The van der Waals surface area contributed by atoms with Crippen LogP contribution in [-0.4, -0.2) is 29.6 Å². The van der Waals surface area contributed by atoms with Crippen molar-refractivity contribution in [3.8, 4) is 0 Å². The van der Waals surface area contributed by atoms with Gasteiger partial charge >= 0.3 is 0 Å². The molecule has 0 spiro atoms. The Morgan fingerprint density at radius 2 is 1.84 bits per heavy atom. The number of hydrogen-bond acceptors (Lipinski definition) is 2. The molecule has 0 bridgehead atoms. The molecule has 1 aliphatic heterocycles. The topological polar surface area (TPSA) is 29.3 Å².